The molecule has 0 aliphatic rings. The summed E-state index contributed by atoms with van der Waals surface area (Å²) in [5.74, 6) is -0.717. The number of carboxylic acids is 1. The van der Waals surface area contributed by atoms with Gasteiger partial charge in [-0.2, -0.15) is 0 Å². The molecule has 1 N–H and O–H groups in total. The zero-order chi connectivity index (χ0) is 11.4. The molecule has 4 heteroatoms. The van der Waals surface area contributed by atoms with Gasteiger partial charge in [-0.05, 0) is 25.3 Å². The van der Waals surface area contributed by atoms with E-state index in [1.165, 1.54) is 0 Å². The van der Waals surface area contributed by atoms with Crippen LogP contribution >= 0.6 is 0 Å². The molecule has 1 heterocycles. The van der Waals surface area contributed by atoms with Crippen molar-refractivity contribution in [2.24, 2.45) is 5.92 Å². The van der Waals surface area contributed by atoms with Crippen LogP contribution in [0.2, 0.25) is 0 Å². The summed E-state index contributed by atoms with van der Waals surface area (Å²) in [6, 6.07) is 1.76. The van der Waals surface area contributed by atoms with Gasteiger partial charge >= 0.3 is 5.97 Å². The molecule has 1 rings (SSSR count). The minimum atomic E-state index is -0.852. The van der Waals surface area contributed by atoms with E-state index in [0.29, 0.717) is 18.2 Å². The number of carbonyl (C=O) groups is 1. The Balaban J connectivity index is 2.94. The molecule has 0 aliphatic carbocycles. The van der Waals surface area contributed by atoms with Gasteiger partial charge in [-0.25, -0.2) is 9.97 Å². The zero-order valence-electron chi connectivity index (χ0n) is 9.27. The van der Waals surface area contributed by atoms with E-state index in [1.807, 2.05) is 20.8 Å². The molecule has 0 aromatic carbocycles. The Hall–Kier alpha value is -1.45. The Morgan fingerprint density at radius 3 is 2.67 bits per heavy atom. The van der Waals surface area contributed by atoms with Crippen molar-refractivity contribution in [3.05, 3.63) is 23.8 Å². The van der Waals surface area contributed by atoms with Crippen LogP contribution in [0.3, 0.4) is 0 Å². The summed E-state index contributed by atoms with van der Waals surface area (Å²) in [5.41, 5.74) is 0.801. The molecule has 15 heavy (non-hydrogen) atoms. The topological polar surface area (TPSA) is 63.1 Å². The molecule has 0 saturated carbocycles. The molecule has 1 atom stereocenters. The van der Waals surface area contributed by atoms with Crippen LogP contribution in [0, 0.1) is 12.8 Å². The molecule has 0 fully saturated rings. The molecule has 0 aliphatic heterocycles. The molecule has 0 bridgehead atoms. The third-order valence-electron chi connectivity index (χ3n) is 2.13. The standard InChI is InChI=1S/C11H16N2O2/c1-7(2)6-9(11(14)15)10-12-5-4-8(3)13-10/h4-5,7,9H,6H2,1-3H3,(H,14,15). The monoisotopic (exact) mass is 208 g/mol. The molecule has 0 radical (unpaired) electrons. The van der Waals surface area contributed by atoms with Gasteiger partial charge in [0.05, 0.1) is 0 Å². The molecule has 1 unspecified atom stereocenters. The van der Waals surface area contributed by atoms with Crippen LogP contribution in [0.1, 0.15) is 37.7 Å². The number of hydrogen-bond donors (Lipinski definition) is 1. The maximum absolute atomic E-state index is 11.1. The number of aryl methyl sites for hydroxylation is 1. The van der Waals surface area contributed by atoms with Gasteiger partial charge in [0.15, 0.2) is 0 Å². The van der Waals surface area contributed by atoms with Crippen LogP contribution in [0.25, 0.3) is 0 Å². The molecule has 82 valence electrons. The second kappa shape index (κ2) is 4.87. The molecule has 0 spiro atoms. The minimum Gasteiger partial charge on any atom is -0.481 e. The van der Waals surface area contributed by atoms with E-state index < -0.39 is 11.9 Å². The van der Waals surface area contributed by atoms with E-state index in [9.17, 15) is 4.79 Å². The lowest BCUT2D eigenvalue weighted by atomic mass is 9.96. The fourth-order valence-corrected chi connectivity index (χ4v) is 1.42. The van der Waals surface area contributed by atoms with Crippen molar-refractivity contribution in [1.29, 1.82) is 0 Å². The zero-order valence-corrected chi connectivity index (χ0v) is 9.27. The first-order valence-corrected chi connectivity index (χ1v) is 5.03. The highest BCUT2D eigenvalue weighted by Gasteiger charge is 2.23. The molecule has 4 nitrogen and oxygen atoms in total. The summed E-state index contributed by atoms with van der Waals surface area (Å²) in [4.78, 5) is 19.2. The van der Waals surface area contributed by atoms with Crippen LogP contribution in [-0.4, -0.2) is 21.0 Å². The number of aliphatic carboxylic acids is 1. The fraction of sp³-hybridized carbons (Fsp3) is 0.545. The maximum Gasteiger partial charge on any atom is 0.314 e. The average molecular weight is 208 g/mol. The predicted octanol–water partition coefficient (Wildman–Crippen LogP) is 2.00. The molecule has 0 amide bonds. The minimum absolute atomic E-state index is 0.315. The van der Waals surface area contributed by atoms with Gasteiger partial charge in [-0.3, -0.25) is 4.79 Å². The second-order valence-corrected chi connectivity index (χ2v) is 4.08. The van der Waals surface area contributed by atoms with Gasteiger partial charge in [0.2, 0.25) is 0 Å². The first-order valence-electron chi connectivity index (χ1n) is 5.03. The number of carboxylic acid groups (broad SMARTS) is 1. The SMILES string of the molecule is Cc1ccnc(C(CC(C)C)C(=O)O)n1. The highest BCUT2D eigenvalue weighted by atomic mass is 16.4. The smallest absolute Gasteiger partial charge is 0.314 e. The first kappa shape index (κ1) is 11.6. The lowest BCUT2D eigenvalue weighted by Gasteiger charge is -2.13. The third kappa shape index (κ3) is 3.31. The second-order valence-electron chi connectivity index (χ2n) is 4.08. The van der Waals surface area contributed by atoms with Crippen molar-refractivity contribution in [1.82, 2.24) is 9.97 Å². The lowest BCUT2D eigenvalue weighted by molar-refractivity contribution is -0.139. The third-order valence-corrected chi connectivity index (χ3v) is 2.13. The van der Waals surface area contributed by atoms with E-state index in [4.69, 9.17) is 5.11 Å². The van der Waals surface area contributed by atoms with Crippen molar-refractivity contribution < 1.29 is 9.90 Å². The van der Waals surface area contributed by atoms with Gasteiger partial charge < -0.3 is 5.11 Å². The van der Waals surface area contributed by atoms with E-state index in [2.05, 4.69) is 9.97 Å². The van der Waals surface area contributed by atoms with E-state index in [1.54, 1.807) is 12.3 Å². The summed E-state index contributed by atoms with van der Waals surface area (Å²) >= 11 is 0. The summed E-state index contributed by atoms with van der Waals surface area (Å²) in [7, 11) is 0. The van der Waals surface area contributed by atoms with Gasteiger partial charge in [-0.15, -0.1) is 0 Å². The Labute approximate surface area is 89.4 Å². The quantitative estimate of drug-likeness (QED) is 0.822. The fourth-order valence-electron chi connectivity index (χ4n) is 1.42. The highest BCUT2D eigenvalue weighted by molar-refractivity contribution is 5.74. The largest absolute Gasteiger partial charge is 0.481 e. The van der Waals surface area contributed by atoms with E-state index in [-0.39, 0.29) is 0 Å². The molecular formula is C11H16N2O2. The molecular weight excluding hydrogens is 192 g/mol. The summed E-state index contributed by atoms with van der Waals surface area (Å²) in [5, 5.41) is 9.09. The van der Waals surface area contributed by atoms with Crippen LogP contribution in [0.4, 0.5) is 0 Å². The van der Waals surface area contributed by atoms with Gasteiger partial charge in [-0.1, -0.05) is 13.8 Å². The summed E-state index contributed by atoms with van der Waals surface area (Å²) < 4.78 is 0. The highest BCUT2D eigenvalue weighted by Crippen LogP contribution is 2.20. The van der Waals surface area contributed by atoms with E-state index in [0.717, 1.165) is 5.69 Å². The van der Waals surface area contributed by atoms with Gasteiger partial charge in [0.1, 0.15) is 11.7 Å². The number of aromatic nitrogens is 2. The van der Waals surface area contributed by atoms with Crippen molar-refractivity contribution in [2.75, 3.05) is 0 Å². The molecule has 1 aromatic heterocycles. The first-order chi connectivity index (χ1) is 7.00. The van der Waals surface area contributed by atoms with Crippen LogP contribution in [0.15, 0.2) is 12.3 Å². The number of hydrogen-bond acceptors (Lipinski definition) is 3. The van der Waals surface area contributed by atoms with E-state index >= 15 is 0 Å². The Morgan fingerprint density at radius 1 is 1.53 bits per heavy atom. The van der Waals surface area contributed by atoms with Crippen LogP contribution < -0.4 is 0 Å². The van der Waals surface area contributed by atoms with Crippen molar-refractivity contribution in [3.8, 4) is 0 Å². The lowest BCUT2D eigenvalue weighted by Crippen LogP contribution is -2.17. The number of nitrogens with zero attached hydrogens (tertiary/aromatic N) is 2. The Bertz CT molecular complexity index is 350. The van der Waals surface area contributed by atoms with Crippen LogP contribution in [0.5, 0.6) is 0 Å². The Kier molecular flexibility index (Phi) is 3.77. The van der Waals surface area contributed by atoms with Crippen molar-refractivity contribution >= 4 is 5.97 Å². The van der Waals surface area contributed by atoms with Crippen molar-refractivity contribution in [2.45, 2.75) is 33.1 Å². The predicted molar refractivity (Wildman–Crippen MR) is 56.6 cm³/mol. The van der Waals surface area contributed by atoms with Crippen LogP contribution in [-0.2, 0) is 4.79 Å². The number of rotatable bonds is 4. The summed E-state index contributed by atoms with van der Waals surface area (Å²) in [6.45, 7) is 5.82. The van der Waals surface area contributed by atoms with Gasteiger partial charge in [0, 0.05) is 11.9 Å². The van der Waals surface area contributed by atoms with Gasteiger partial charge in [0.25, 0.3) is 0 Å². The normalized spacial score (nSPS) is 12.8. The maximum atomic E-state index is 11.1. The van der Waals surface area contributed by atoms with Crippen molar-refractivity contribution in [3.63, 3.8) is 0 Å². The summed E-state index contributed by atoms with van der Waals surface area (Å²) in [6.07, 6.45) is 2.17. The average Bonchev–Trinajstić information content (AvgIpc) is 2.13. The molecule has 0 saturated heterocycles. The Morgan fingerprint density at radius 2 is 2.20 bits per heavy atom. The molecule has 1 aromatic rings.